The van der Waals surface area contributed by atoms with Crippen molar-refractivity contribution in [3.8, 4) is 12.3 Å². The predicted molar refractivity (Wildman–Crippen MR) is 54.5 cm³/mol. The zero-order valence-electron chi connectivity index (χ0n) is 8.60. The molecule has 1 heterocycles. The fourth-order valence-electron chi connectivity index (χ4n) is 1.94. The van der Waals surface area contributed by atoms with Crippen molar-refractivity contribution in [1.82, 2.24) is 5.32 Å². The first-order valence-electron chi connectivity index (χ1n) is 5.03. The summed E-state index contributed by atoms with van der Waals surface area (Å²) in [7, 11) is 0. The quantitative estimate of drug-likeness (QED) is 0.664. The van der Waals surface area contributed by atoms with E-state index in [4.69, 9.17) is 11.2 Å². The minimum atomic E-state index is -0.0393. The lowest BCUT2D eigenvalue weighted by molar-refractivity contribution is -0.00973. The van der Waals surface area contributed by atoms with Crippen LogP contribution in [0.3, 0.4) is 0 Å². The number of ether oxygens (including phenoxy) is 1. The lowest BCUT2D eigenvalue weighted by Gasteiger charge is -2.32. The van der Waals surface area contributed by atoms with Crippen LogP contribution in [-0.2, 0) is 4.74 Å². The molecule has 0 aliphatic carbocycles. The van der Waals surface area contributed by atoms with Crippen LogP contribution in [0.25, 0.3) is 0 Å². The van der Waals surface area contributed by atoms with Crippen LogP contribution >= 0.6 is 0 Å². The first kappa shape index (κ1) is 10.6. The molecule has 0 saturated carbocycles. The van der Waals surface area contributed by atoms with Gasteiger partial charge in [-0.2, -0.15) is 0 Å². The molecule has 74 valence electrons. The largest absolute Gasteiger partial charge is 0.374 e. The van der Waals surface area contributed by atoms with Gasteiger partial charge in [-0.15, -0.1) is 12.3 Å². The van der Waals surface area contributed by atoms with E-state index in [1.807, 2.05) is 0 Å². The lowest BCUT2D eigenvalue weighted by Crippen LogP contribution is -2.48. The van der Waals surface area contributed by atoms with E-state index >= 15 is 0 Å². The van der Waals surface area contributed by atoms with Gasteiger partial charge < -0.3 is 10.1 Å². The summed E-state index contributed by atoms with van der Waals surface area (Å²) in [5.41, 5.74) is -0.0393. The Hall–Kier alpha value is -0.520. The summed E-state index contributed by atoms with van der Waals surface area (Å²) < 4.78 is 5.75. The van der Waals surface area contributed by atoms with E-state index in [2.05, 4.69) is 25.1 Å². The molecular weight excluding hydrogens is 162 g/mol. The molecule has 1 aliphatic rings. The van der Waals surface area contributed by atoms with Gasteiger partial charge in [0, 0.05) is 19.1 Å². The van der Waals surface area contributed by atoms with E-state index in [9.17, 15) is 0 Å². The first-order chi connectivity index (χ1) is 6.23. The van der Waals surface area contributed by atoms with Crippen LogP contribution in [0.4, 0.5) is 0 Å². The van der Waals surface area contributed by atoms with Gasteiger partial charge in [0.2, 0.25) is 0 Å². The molecule has 1 aliphatic heterocycles. The highest BCUT2D eigenvalue weighted by Gasteiger charge is 2.37. The zero-order valence-corrected chi connectivity index (χ0v) is 8.60. The molecule has 1 rings (SSSR count). The van der Waals surface area contributed by atoms with E-state index in [-0.39, 0.29) is 5.60 Å². The van der Waals surface area contributed by atoms with E-state index < -0.39 is 0 Å². The fourth-order valence-corrected chi connectivity index (χ4v) is 1.94. The molecule has 1 saturated heterocycles. The van der Waals surface area contributed by atoms with E-state index in [0.29, 0.717) is 6.04 Å². The molecule has 2 atom stereocenters. The van der Waals surface area contributed by atoms with Gasteiger partial charge in [-0.3, -0.25) is 0 Å². The zero-order chi connectivity index (χ0) is 9.73. The second-order valence-corrected chi connectivity index (χ2v) is 3.78. The molecule has 0 aromatic rings. The molecule has 0 radical (unpaired) electrons. The first-order valence-corrected chi connectivity index (χ1v) is 5.03. The van der Waals surface area contributed by atoms with Gasteiger partial charge in [0.05, 0.1) is 5.60 Å². The van der Waals surface area contributed by atoms with Crippen LogP contribution < -0.4 is 5.32 Å². The Labute approximate surface area is 81.0 Å². The van der Waals surface area contributed by atoms with Crippen molar-refractivity contribution in [2.24, 2.45) is 0 Å². The molecular formula is C11H19NO. The maximum atomic E-state index is 5.75. The normalized spacial score (nSPS) is 29.9. The van der Waals surface area contributed by atoms with Gasteiger partial charge in [0.15, 0.2) is 0 Å². The van der Waals surface area contributed by atoms with Crippen molar-refractivity contribution in [2.45, 2.75) is 44.8 Å². The number of likely N-dealkylation sites (N-methyl/N-ethyl adjacent to an activating group) is 1. The van der Waals surface area contributed by atoms with Crippen LogP contribution in [0, 0.1) is 12.3 Å². The molecule has 0 aromatic carbocycles. The molecule has 2 heteroatoms. The monoisotopic (exact) mass is 181 g/mol. The highest BCUT2D eigenvalue weighted by molar-refractivity contribution is 5.00. The molecule has 0 bridgehead atoms. The Balaban J connectivity index is 2.56. The van der Waals surface area contributed by atoms with Crippen molar-refractivity contribution >= 4 is 0 Å². The van der Waals surface area contributed by atoms with Crippen molar-refractivity contribution in [1.29, 1.82) is 0 Å². The Bertz CT molecular complexity index is 189. The molecule has 2 unspecified atom stereocenters. The molecule has 0 spiro atoms. The lowest BCUT2D eigenvalue weighted by atomic mass is 9.91. The molecule has 0 amide bonds. The maximum absolute atomic E-state index is 5.75. The number of rotatable bonds is 4. The van der Waals surface area contributed by atoms with Gasteiger partial charge in [0.25, 0.3) is 0 Å². The summed E-state index contributed by atoms with van der Waals surface area (Å²) >= 11 is 0. The Morgan fingerprint density at radius 3 is 2.92 bits per heavy atom. The van der Waals surface area contributed by atoms with Crippen LogP contribution in [-0.4, -0.2) is 24.8 Å². The minimum absolute atomic E-state index is 0.0393. The number of hydrogen-bond acceptors (Lipinski definition) is 2. The number of hydrogen-bond donors (Lipinski definition) is 1. The Morgan fingerprint density at radius 2 is 2.46 bits per heavy atom. The van der Waals surface area contributed by atoms with Gasteiger partial charge in [0.1, 0.15) is 0 Å². The van der Waals surface area contributed by atoms with Crippen molar-refractivity contribution in [3.05, 3.63) is 0 Å². The van der Waals surface area contributed by atoms with Crippen LogP contribution in [0.15, 0.2) is 0 Å². The Kier molecular flexibility index (Phi) is 3.77. The van der Waals surface area contributed by atoms with Crippen molar-refractivity contribution in [2.75, 3.05) is 13.2 Å². The summed E-state index contributed by atoms with van der Waals surface area (Å²) in [5.74, 6) is 2.71. The second kappa shape index (κ2) is 4.64. The average Bonchev–Trinajstić information content (AvgIpc) is 2.53. The third-order valence-corrected chi connectivity index (χ3v) is 2.76. The van der Waals surface area contributed by atoms with E-state index in [1.54, 1.807) is 0 Å². The van der Waals surface area contributed by atoms with Crippen LogP contribution in [0.2, 0.25) is 0 Å². The van der Waals surface area contributed by atoms with E-state index in [1.165, 1.54) is 0 Å². The second-order valence-electron chi connectivity index (χ2n) is 3.78. The SMILES string of the molecule is C#CCC(NCC)C1(C)CCCO1. The van der Waals surface area contributed by atoms with Crippen molar-refractivity contribution in [3.63, 3.8) is 0 Å². The standard InChI is InChI=1S/C11H19NO/c1-4-7-10(12-5-2)11(3)8-6-9-13-11/h1,10,12H,5-9H2,2-3H3. The summed E-state index contributed by atoms with van der Waals surface area (Å²) in [6.45, 7) is 6.08. The fraction of sp³-hybridized carbons (Fsp3) is 0.818. The van der Waals surface area contributed by atoms with Gasteiger partial charge >= 0.3 is 0 Å². The highest BCUT2D eigenvalue weighted by atomic mass is 16.5. The smallest absolute Gasteiger partial charge is 0.0816 e. The minimum Gasteiger partial charge on any atom is -0.374 e. The molecule has 0 aromatic heterocycles. The maximum Gasteiger partial charge on any atom is 0.0816 e. The molecule has 13 heavy (non-hydrogen) atoms. The Morgan fingerprint density at radius 1 is 1.69 bits per heavy atom. The van der Waals surface area contributed by atoms with Gasteiger partial charge in [-0.05, 0) is 26.3 Å². The molecule has 1 fully saturated rings. The summed E-state index contributed by atoms with van der Waals surface area (Å²) in [6, 6.07) is 0.310. The topological polar surface area (TPSA) is 21.3 Å². The van der Waals surface area contributed by atoms with Crippen LogP contribution in [0.5, 0.6) is 0 Å². The summed E-state index contributed by atoms with van der Waals surface area (Å²) in [6.07, 6.45) is 8.37. The van der Waals surface area contributed by atoms with Crippen molar-refractivity contribution < 1.29 is 4.74 Å². The van der Waals surface area contributed by atoms with Gasteiger partial charge in [-0.1, -0.05) is 6.92 Å². The molecule has 2 nitrogen and oxygen atoms in total. The summed E-state index contributed by atoms with van der Waals surface area (Å²) in [4.78, 5) is 0. The van der Waals surface area contributed by atoms with E-state index in [0.717, 1.165) is 32.4 Å². The predicted octanol–water partition coefficient (Wildman–Crippen LogP) is 1.56. The van der Waals surface area contributed by atoms with Gasteiger partial charge in [-0.25, -0.2) is 0 Å². The number of nitrogens with one attached hydrogen (secondary N) is 1. The third-order valence-electron chi connectivity index (χ3n) is 2.76. The van der Waals surface area contributed by atoms with Crippen LogP contribution in [0.1, 0.15) is 33.1 Å². The number of terminal acetylenes is 1. The highest BCUT2D eigenvalue weighted by Crippen LogP contribution is 2.29. The average molecular weight is 181 g/mol. The third kappa shape index (κ3) is 2.46. The summed E-state index contributed by atoms with van der Waals surface area (Å²) in [5, 5.41) is 3.40. The molecule has 1 N–H and O–H groups in total.